The molecule has 0 aromatic carbocycles. The van der Waals surface area contributed by atoms with Crippen molar-refractivity contribution in [3.05, 3.63) is 17.5 Å². The molecule has 1 aromatic rings. The van der Waals surface area contributed by atoms with Gasteiger partial charge < -0.3 is 5.32 Å². The largest absolute Gasteiger partial charge is 0.310 e. The van der Waals surface area contributed by atoms with Crippen molar-refractivity contribution in [2.45, 2.75) is 45.6 Å². The molecule has 0 bridgehead atoms. The van der Waals surface area contributed by atoms with Crippen molar-refractivity contribution >= 4 is 0 Å². The SMILES string of the molecule is CCCNC(CC1CC1)c1cnn(C)c1C. The van der Waals surface area contributed by atoms with Gasteiger partial charge in [-0.2, -0.15) is 5.10 Å². The van der Waals surface area contributed by atoms with Gasteiger partial charge in [0.05, 0.1) is 6.20 Å². The maximum absolute atomic E-state index is 4.35. The first kappa shape index (κ1) is 11.6. The number of aromatic nitrogens is 2. The number of aryl methyl sites for hydroxylation is 1. The first-order valence-corrected chi connectivity index (χ1v) is 6.44. The summed E-state index contributed by atoms with van der Waals surface area (Å²) in [6.45, 7) is 5.48. The molecule has 1 aliphatic carbocycles. The lowest BCUT2D eigenvalue weighted by Gasteiger charge is -2.18. The van der Waals surface area contributed by atoms with Gasteiger partial charge >= 0.3 is 0 Å². The van der Waals surface area contributed by atoms with Crippen molar-refractivity contribution in [2.24, 2.45) is 13.0 Å². The molecule has 1 aromatic heterocycles. The molecule has 3 heteroatoms. The fourth-order valence-corrected chi connectivity index (χ4v) is 2.18. The van der Waals surface area contributed by atoms with E-state index in [4.69, 9.17) is 0 Å². The Morgan fingerprint density at radius 3 is 2.81 bits per heavy atom. The highest BCUT2D eigenvalue weighted by Crippen LogP contribution is 2.38. The van der Waals surface area contributed by atoms with E-state index in [9.17, 15) is 0 Å². The number of nitrogens with zero attached hydrogens (tertiary/aromatic N) is 2. The van der Waals surface area contributed by atoms with Gasteiger partial charge in [-0.3, -0.25) is 4.68 Å². The molecule has 3 nitrogen and oxygen atoms in total. The van der Waals surface area contributed by atoms with Crippen molar-refractivity contribution < 1.29 is 0 Å². The van der Waals surface area contributed by atoms with Crippen molar-refractivity contribution in [1.82, 2.24) is 15.1 Å². The lowest BCUT2D eigenvalue weighted by Crippen LogP contribution is -2.23. The minimum atomic E-state index is 0.515. The zero-order valence-corrected chi connectivity index (χ0v) is 10.7. The van der Waals surface area contributed by atoms with Crippen LogP contribution in [0.25, 0.3) is 0 Å². The van der Waals surface area contributed by atoms with Gasteiger partial charge in [0.1, 0.15) is 0 Å². The third kappa shape index (κ3) is 2.64. The molecule has 0 saturated heterocycles. The van der Waals surface area contributed by atoms with Gasteiger partial charge in [-0.1, -0.05) is 19.8 Å². The van der Waals surface area contributed by atoms with Gasteiger partial charge in [-0.05, 0) is 32.2 Å². The van der Waals surface area contributed by atoms with Crippen LogP contribution in [-0.2, 0) is 7.05 Å². The molecule has 0 amide bonds. The lowest BCUT2D eigenvalue weighted by molar-refractivity contribution is 0.471. The molecule has 16 heavy (non-hydrogen) atoms. The predicted molar refractivity (Wildman–Crippen MR) is 66.3 cm³/mol. The average molecular weight is 221 g/mol. The van der Waals surface area contributed by atoms with E-state index in [1.54, 1.807) is 0 Å². The summed E-state index contributed by atoms with van der Waals surface area (Å²) in [5.41, 5.74) is 2.69. The second kappa shape index (κ2) is 5.00. The highest BCUT2D eigenvalue weighted by atomic mass is 15.3. The molecule has 0 spiro atoms. The Kier molecular flexibility index (Phi) is 3.64. The zero-order valence-electron chi connectivity index (χ0n) is 10.7. The van der Waals surface area contributed by atoms with Gasteiger partial charge in [-0.15, -0.1) is 0 Å². The molecular formula is C13H23N3. The van der Waals surface area contributed by atoms with Crippen LogP contribution in [0.1, 0.15) is 49.9 Å². The Morgan fingerprint density at radius 1 is 1.56 bits per heavy atom. The maximum Gasteiger partial charge on any atom is 0.0540 e. The summed E-state index contributed by atoms with van der Waals surface area (Å²) in [7, 11) is 2.02. The quantitative estimate of drug-likeness (QED) is 0.800. The van der Waals surface area contributed by atoms with Gasteiger partial charge in [0.15, 0.2) is 0 Å². The lowest BCUT2D eigenvalue weighted by atomic mass is 10.0. The van der Waals surface area contributed by atoms with Gasteiger partial charge in [0.2, 0.25) is 0 Å². The molecule has 1 aliphatic rings. The average Bonchev–Trinajstić information content (AvgIpc) is 3.03. The van der Waals surface area contributed by atoms with Crippen molar-refractivity contribution in [3.8, 4) is 0 Å². The molecule has 1 fully saturated rings. The molecule has 1 unspecified atom stereocenters. The topological polar surface area (TPSA) is 29.9 Å². The minimum absolute atomic E-state index is 0.515. The molecule has 2 rings (SSSR count). The van der Waals surface area contributed by atoms with Gasteiger partial charge in [-0.25, -0.2) is 0 Å². The Labute approximate surface area is 98.2 Å². The zero-order chi connectivity index (χ0) is 11.5. The summed E-state index contributed by atoms with van der Waals surface area (Å²) >= 11 is 0. The molecule has 1 atom stereocenters. The maximum atomic E-state index is 4.35. The molecule has 0 aliphatic heterocycles. The predicted octanol–water partition coefficient (Wildman–Crippen LogP) is 2.57. The number of nitrogens with one attached hydrogen (secondary N) is 1. The number of hydrogen-bond donors (Lipinski definition) is 1. The standard InChI is InChI=1S/C13H23N3/c1-4-7-14-13(8-11-5-6-11)12-9-15-16(3)10(12)2/h9,11,13-14H,4-8H2,1-3H3. The van der Waals surface area contributed by atoms with Gasteiger partial charge in [0.25, 0.3) is 0 Å². The fourth-order valence-electron chi connectivity index (χ4n) is 2.18. The second-order valence-electron chi connectivity index (χ2n) is 4.99. The van der Waals surface area contributed by atoms with Crippen LogP contribution in [0, 0.1) is 12.8 Å². The van der Waals surface area contributed by atoms with Crippen LogP contribution in [0.15, 0.2) is 6.20 Å². The third-order valence-electron chi connectivity index (χ3n) is 3.56. The van der Waals surface area contributed by atoms with Crippen molar-refractivity contribution in [1.29, 1.82) is 0 Å². The summed E-state index contributed by atoms with van der Waals surface area (Å²) in [6, 6.07) is 0.515. The van der Waals surface area contributed by atoms with E-state index in [0.29, 0.717) is 6.04 Å². The fraction of sp³-hybridized carbons (Fsp3) is 0.769. The Balaban J connectivity index is 2.06. The molecule has 1 saturated carbocycles. The van der Waals surface area contributed by atoms with Crippen molar-refractivity contribution in [2.75, 3.05) is 6.54 Å². The van der Waals surface area contributed by atoms with Gasteiger partial charge in [0, 0.05) is 24.3 Å². The summed E-state index contributed by atoms with van der Waals surface area (Å²) < 4.78 is 1.98. The highest BCUT2D eigenvalue weighted by Gasteiger charge is 2.27. The summed E-state index contributed by atoms with van der Waals surface area (Å²) in [6.07, 6.45) is 7.35. The van der Waals surface area contributed by atoms with Crippen LogP contribution in [0.2, 0.25) is 0 Å². The first-order chi connectivity index (χ1) is 7.72. The van der Waals surface area contributed by atoms with Crippen LogP contribution in [0.4, 0.5) is 0 Å². The Hall–Kier alpha value is -0.830. The molecular weight excluding hydrogens is 198 g/mol. The Bertz CT molecular complexity index is 339. The smallest absolute Gasteiger partial charge is 0.0540 e. The van der Waals surface area contributed by atoms with Crippen molar-refractivity contribution in [3.63, 3.8) is 0 Å². The molecule has 90 valence electrons. The van der Waals surface area contributed by atoms with Crippen LogP contribution in [0.5, 0.6) is 0 Å². The summed E-state index contributed by atoms with van der Waals surface area (Å²) in [5, 5.41) is 8.01. The highest BCUT2D eigenvalue weighted by molar-refractivity contribution is 5.20. The van der Waals surface area contributed by atoms with Crippen LogP contribution < -0.4 is 5.32 Å². The van der Waals surface area contributed by atoms with E-state index in [1.807, 2.05) is 17.9 Å². The number of rotatable bonds is 6. The van der Waals surface area contributed by atoms with E-state index in [1.165, 1.54) is 36.9 Å². The number of hydrogen-bond acceptors (Lipinski definition) is 2. The molecule has 1 heterocycles. The van der Waals surface area contributed by atoms with Crippen LogP contribution in [0.3, 0.4) is 0 Å². The van der Waals surface area contributed by atoms with E-state index in [2.05, 4.69) is 24.3 Å². The van der Waals surface area contributed by atoms with E-state index in [-0.39, 0.29) is 0 Å². The van der Waals surface area contributed by atoms with E-state index >= 15 is 0 Å². The Morgan fingerprint density at radius 2 is 2.31 bits per heavy atom. The molecule has 0 radical (unpaired) electrons. The monoisotopic (exact) mass is 221 g/mol. The molecule has 1 N–H and O–H groups in total. The van der Waals surface area contributed by atoms with Crippen LogP contribution >= 0.6 is 0 Å². The normalized spacial score (nSPS) is 17.7. The summed E-state index contributed by atoms with van der Waals surface area (Å²) in [4.78, 5) is 0. The summed E-state index contributed by atoms with van der Waals surface area (Å²) in [5.74, 6) is 0.953. The van der Waals surface area contributed by atoms with E-state index < -0.39 is 0 Å². The first-order valence-electron chi connectivity index (χ1n) is 6.44. The van der Waals surface area contributed by atoms with E-state index in [0.717, 1.165) is 12.5 Å². The third-order valence-corrected chi connectivity index (χ3v) is 3.56. The minimum Gasteiger partial charge on any atom is -0.310 e. The van der Waals surface area contributed by atoms with Crippen LogP contribution in [-0.4, -0.2) is 16.3 Å². The second-order valence-corrected chi connectivity index (χ2v) is 4.99.